The Balaban J connectivity index is 1.72. The minimum Gasteiger partial charge on any atom is -0.490 e. The van der Waals surface area contributed by atoms with Crippen LogP contribution in [0, 0.1) is 11.8 Å². The van der Waals surface area contributed by atoms with Crippen molar-refractivity contribution in [2.45, 2.75) is 51.7 Å². The van der Waals surface area contributed by atoms with Crippen molar-refractivity contribution in [3.63, 3.8) is 0 Å². The second kappa shape index (κ2) is 5.54. The molecular weight excluding hydrogens is 234 g/mol. The van der Waals surface area contributed by atoms with Crippen molar-refractivity contribution in [2.24, 2.45) is 11.8 Å². The molecule has 0 saturated heterocycles. The van der Waals surface area contributed by atoms with Gasteiger partial charge in [0.25, 0.3) is 0 Å². The highest BCUT2D eigenvalue weighted by Crippen LogP contribution is 2.47. The van der Waals surface area contributed by atoms with Gasteiger partial charge >= 0.3 is 0 Å². The van der Waals surface area contributed by atoms with Gasteiger partial charge in [0.1, 0.15) is 5.75 Å². The topological polar surface area (TPSA) is 21.3 Å². The van der Waals surface area contributed by atoms with Crippen LogP contribution in [0.1, 0.15) is 51.1 Å². The third kappa shape index (κ3) is 3.30. The monoisotopic (exact) mass is 259 g/mol. The van der Waals surface area contributed by atoms with Gasteiger partial charge in [-0.15, -0.1) is 0 Å². The zero-order chi connectivity index (χ0) is 13.2. The molecule has 2 aliphatic rings. The summed E-state index contributed by atoms with van der Waals surface area (Å²) in [6, 6.07) is 9.24. The molecule has 3 atom stereocenters. The van der Waals surface area contributed by atoms with Crippen molar-refractivity contribution in [3.8, 4) is 5.75 Å². The lowest BCUT2D eigenvalue weighted by molar-refractivity contribution is 0.302. The quantitative estimate of drug-likeness (QED) is 0.801. The summed E-state index contributed by atoms with van der Waals surface area (Å²) in [7, 11) is 0. The van der Waals surface area contributed by atoms with E-state index in [9.17, 15) is 0 Å². The minimum atomic E-state index is 0.483. The number of hydrogen-bond donors (Lipinski definition) is 1. The lowest BCUT2D eigenvalue weighted by Gasteiger charge is -2.20. The standard InChI is InChI=1S/C17H25NO/c1-3-9-18-17(16-10-12(16)2)13-5-4-6-15(11-13)19-14-7-8-14/h4-6,11-12,14,16-18H,3,7-10H2,1-2H3. The molecule has 2 fully saturated rings. The van der Waals surface area contributed by atoms with Crippen molar-refractivity contribution in [3.05, 3.63) is 29.8 Å². The zero-order valence-electron chi connectivity index (χ0n) is 12.1. The van der Waals surface area contributed by atoms with E-state index < -0.39 is 0 Å². The highest BCUT2D eigenvalue weighted by molar-refractivity contribution is 5.32. The van der Waals surface area contributed by atoms with Crippen LogP contribution in [0.25, 0.3) is 0 Å². The lowest BCUT2D eigenvalue weighted by Crippen LogP contribution is -2.24. The molecule has 3 unspecified atom stereocenters. The van der Waals surface area contributed by atoms with Crippen LogP contribution in [-0.4, -0.2) is 12.6 Å². The Kier molecular flexibility index (Phi) is 3.79. The van der Waals surface area contributed by atoms with Crippen LogP contribution in [-0.2, 0) is 0 Å². The second-order valence-corrected chi connectivity index (χ2v) is 6.20. The Hall–Kier alpha value is -1.02. The smallest absolute Gasteiger partial charge is 0.120 e. The second-order valence-electron chi connectivity index (χ2n) is 6.20. The van der Waals surface area contributed by atoms with Gasteiger partial charge in [-0.3, -0.25) is 0 Å². The van der Waals surface area contributed by atoms with Crippen molar-refractivity contribution in [2.75, 3.05) is 6.54 Å². The molecule has 2 saturated carbocycles. The van der Waals surface area contributed by atoms with Crippen molar-refractivity contribution >= 4 is 0 Å². The third-order valence-electron chi connectivity index (χ3n) is 4.26. The number of rotatable bonds is 7. The number of benzene rings is 1. The molecule has 0 heterocycles. The van der Waals surface area contributed by atoms with Gasteiger partial charge in [0.15, 0.2) is 0 Å². The highest BCUT2D eigenvalue weighted by atomic mass is 16.5. The summed E-state index contributed by atoms with van der Waals surface area (Å²) in [6.45, 7) is 5.68. The van der Waals surface area contributed by atoms with Gasteiger partial charge in [0.05, 0.1) is 6.10 Å². The fourth-order valence-corrected chi connectivity index (χ4v) is 2.79. The van der Waals surface area contributed by atoms with Crippen molar-refractivity contribution in [1.82, 2.24) is 5.32 Å². The Morgan fingerprint density at radius 1 is 1.37 bits per heavy atom. The first-order valence-corrected chi connectivity index (χ1v) is 7.78. The largest absolute Gasteiger partial charge is 0.490 e. The van der Waals surface area contributed by atoms with E-state index in [0.717, 1.165) is 24.1 Å². The first-order chi connectivity index (χ1) is 9.28. The van der Waals surface area contributed by atoms with Gasteiger partial charge in [0, 0.05) is 6.04 Å². The molecule has 104 valence electrons. The van der Waals surface area contributed by atoms with Gasteiger partial charge in [0.2, 0.25) is 0 Å². The van der Waals surface area contributed by atoms with Crippen LogP contribution in [0.3, 0.4) is 0 Å². The Bertz CT molecular complexity index is 427. The van der Waals surface area contributed by atoms with Crippen LogP contribution in [0.15, 0.2) is 24.3 Å². The molecule has 0 spiro atoms. The summed E-state index contributed by atoms with van der Waals surface area (Å²) < 4.78 is 5.92. The van der Waals surface area contributed by atoms with Crippen LogP contribution < -0.4 is 10.1 Å². The van der Waals surface area contributed by atoms with E-state index in [4.69, 9.17) is 4.74 Å². The predicted molar refractivity (Wildman–Crippen MR) is 78.4 cm³/mol. The molecule has 19 heavy (non-hydrogen) atoms. The molecule has 1 N–H and O–H groups in total. The zero-order valence-corrected chi connectivity index (χ0v) is 12.1. The first-order valence-electron chi connectivity index (χ1n) is 7.78. The minimum absolute atomic E-state index is 0.483. The molecule has 0 aliphatic heterocycles. The number of ether oxygens (including phenoxy) is 1. The molecule has 0 amide bonds. The van der Waals surface area contributed by atoms with E-state index >= 15 is 0 Å². The molecule has 2 nitrogen and oxygen atoms in total. The summed E-state index contributed by atoms with van der Waals surface area (Å²) in [5.41, 5.74) is 1.40. The fraction of sp³-hybridized carbons (Fsp3) is 0.647. The van der Waals surface area contributed by atoms with Gasteiger partial charge < -0.3 is 10.1 Å². The molecule has 1 aromatic rings. The molecule has 2 heteroatoms. The summed E-state index contributed by atoms with van der Waals surface area (Å²) in [6.07, 6.45) is 5.48. The average molecular weight is 259 g/mol. The maximum atomic E-state index is 5.92. The van der Waals surface area contributed by atoms with Gasteiger partial charge in [-0.05, 0) is 61.8 Å². The van der Waals surface area contributed by atoms with E-state index in [-0.39, 0.29) is 0 Å². The molecule has 0 bridgehead atoms. The van der Waals surface area contributed by atoms with E-state index in [2.05, 4.69) is 43.4 Å². The maximum Gasteiger partial charge on any atom is 0.120 e. The van der Waals surface area contributed by atoms with E-state index in [1.165, 1.54) is 31.2 Å². The Labute approximate surface area is 116 Å². The number of hydrogen-bond acceptors (Lipinski definition) is 2. The van der Waals surface area contributed by atoms with Crippen LogP contribution in [0.4, 0.5) is 0 Å². The molecule has 1 aromatic carbocycles. The summed E-state index contributed by atoms with van der Waals surface area (Å²) >= 11 is 0. The van der Waals surface area contributed by atoms with E-state index in [1.807, 2.05) is 0 Å². The first kappa shape index (κ1) is 13.0. The predicted octanol–water partition coefficient (Wildman–Crippen LogP) is 3.92. The third-order valence-corrected chi connectivity index (χ3v) is 4.26. The Morgan fingerprint density at radius 2 is 2.16 bits per heavy atom. The van der Waals surface area contributed by atoms with Gasteiger partial charge in [-0.1, -0.05) is 26.0 Å². The van der Waals surface area contributed by atoms with Crippen LogP contribution >= 0.6 is 0 Å². The average Bonchev–Trinajstić information content (AvgIpc) is 3.31. The number of nitrogens with one attached hydrogen (secondary N) is 1. The normalized spacial score (nSPS) is 27.1. The lowest BCUT2D eigenvalue weighted by atomic mass is 10.0. The molecule has 3 rings (SSSR count). The SMILES string of the molecule is CCCNC(c1cccc(OC2CC2)c1)C1CC1C. The Morgan fingerprint density at radius 3 is 2.79 bits per heavy atom. The summed E-state index contributed by atoms with van der Waals surface area (Å²) in [5, 5.41) is 3.72. The molecule has 0 aromatic heterocycles. The van der Waals surface area contributed by atoms with Crippen LogP contribution in [0.5, 0.6) is 5.75 Å². The summed E-state index contributed by atoms with van der Waals surface area (Å²) in [5.74, 6) is 2.72. The molecule has 2 aliphatic carbocycles. The van der Waals surface area contributed by atoms with Crippen molar-refractivity contribution in [1.29, 1.82) is 0 Å². The van der Waals surface area contributed by atoms with E-state index in [1.54, 1.807) is 0 Å². The van der Waals surface area contributed by atoms with Gasteiger partial charge in [-0.2, -0.15) is 0 Å². The highest BCUT2D eigenvalue weighted by Gasteiger charge is 2.39. The van der Waals surface area contributed by atoms with Crippen molar-refractivity contribution < 1.29 is 4.74 Å². The molecule has 0 radical (unpaired) electrons. The fourth-order valence-electron chi connectivity index (χ4n) is 2.79. The van der Waals surface area contributed by atoms with Crippen LogP contribution in [0.2, 0.25) is 0 Å². The van der Waals surface area contributed by atoms with Gasteiger partial charge in [-0.25, -0.2) is 0 Å². The maximum absolute atomic E-state index is 5.92. The molecular formula is C17H25NO. The van der Waals surface area contributed by atoms with E-state index in [0.29, 0.717) is 12.1 Å². The summed E-state index contributed by atoms with van der Waals surface area (Å²) in [4.78, 5) is 0.